The third-order valence-electron chi connectivity index (χ3n) is 4.71. The molecule has 0 bridgehead atoms. The van der Waals surface area contributed by atoms with E-state index in [4.69, 9.17) is 5.73 Å². The monoisotopic (exact) mass is 258 g/mol. The van der Waals surface area contributed by atoms with E-state index in [0.29, 0.717) is 30.2 Å². The predicted molar refractivity (Wildman–Crippen MR) is 76.3 cm³/mol. The number of fused-ring (bicyclic) bond motifs is 1. The van der Waals surface area contributed by atoms with Crippen LogP contribution in [0.4, 0.5) is 5.69 Å². The van der Waals surface area contributed by atoms with Crippen molar-refractivity contribution in [3.63, 3.8) is 0 Å². The molecule has 1 aromatic rings. The first kappa shape index (κ1) is 12.5. The van der Waals surface area contributed by atoms with Gasteiger partial charge < -0.3 is 10.6 Å². The van der Waals surface area contributed by atoms with Crippen LogP contribution in [0.1, 0.15) is 31.7 Å². The van der Waals surface area contributed by atoms with Crippen molar-refractivity contribution in [3.05, 3.63) is 29.8 Å². The number of nitrogen functional groups attached to an aromatic ring is 1. The number of amides is 1. The molecule has 3 nitrogen and oxygen atoms in total. The lowest BCUT2D eigenvalue weighted by atomic mass is 10.1. The molecule has 2 fully saturated rings. The maximum absolute atomic E-state index is 12.5. The van der Waals surface area contributed by atoms with Crippen LogP contribution in [0.5, 0.6) is 0 Å². The molecule has 2 aliphatic rings. The summed E-state index contributed by atoms with van der Waals surface area (Å²) in [5.74, 6) is 2.08. The van der Waals surface area contributed by atoms with Gasteiger partial charge in [-0.25, -0.2) is 0 Å². The topological polar surface area (TPSA) is 46.3 Å². The van der Waals surface area contributed by atoms with Crippen molar-refractivity contribution < 1.29 is 4.79 Å². The Labute approximate surface area is 114 Å². The zero-order valence-corrected chi connectivity index (χ0v) is 11.5. The Balaban J connectivity index is 1.66. The highest BCUT2D eigenvalue weighted by atomic mass is 16.2. The summed E-state index contributed by atoms with van der Waals surface area (Å²) < 4.78 is 0. The van der Waals surface area contributed by atoms with Gasteiger partial charge >= 0.3 is 0 Å². The van der Waals surface area contributed by atoms with Gasteiger partial charge in [0.25, 0.3) is 0 Å². The summed E-state index contributed by atoms with van der Waals surface area (Å²) in [5.41, 5.74) is 7.69. The maximum Gasteiger partial charge on any atom is 0.226 e. The van der Waals surface area contributed by atoms with Crippen molar-refractivity contribution >= 4 is 11.6 Å². The van der Waals surface area contributed by atoms with Crippen LogP contribution in [0.15, 0.2) is 24.3 Å². The Hall–Kier alpha value is -1.51. The lowest BCUT2D eigenvalue weighted by molar-refractivity contribution is -0.133. The van der Waals surface area contributed by atoms with Gasteiger partial charge in [-0.3, -0.25) is 4.79 Å². The van der Waals surface area contributed by atoms with E-state index < -0.39 is 0 Å². The van der Waals surface area contributed by atoms with Crippen molar-refractivity contribution in [1.29, 1.82) is 0 Å². The van der Waals surface area contributed by atoms with Gasteiger partial charge in [0.15, 0.2) is 0 Å². The number of rotatable bonds is 4. The van der Waals surface area contributed by atoms with E-state index in [1.54, 1.807) is 0 Å². The van der Waals surface area contributed by atoms with Gasteiger partial charge in [0.2, 0.25) is 5.91 Å². The van der Waals surface area contributed by atoms with Crippen molar-refractivity contribution in [1.82, 2.24) is 4.90 Å². The van der Waals surface area contributed by atoms with Gasteiger partial charge in [-0.05, 0) is 49.3 Å². The van der Waals surface area contributed by atoms with E-state index >= 15 is 0 Å². The first-order chi connectivity index (χ1) is 9.20. The van der Waals surface area contributed by atoms with E-state index in [0.717, 1.165) is 17.8 Å². The number of carbonyl (C=O) groups is 1. The summed E-state index contributed by atoms with van der Waals surface area (Å²) >= 11 is 0. The number of nitrogens with zero attached hydrogens (tertiary/aromatic N) is 1. The van der Waals surface area contributed by atoms with E-state index in [2.05, 4.69) is 6.92 Å². The molecule has 0 spiro atoms. The minimum Gasteiger partial charge on any atom is -0.399 e. The molecule has 0 radical (unpaired) electrons. The molecule has 0 aliphatic heterocycles. The molecular weight excluding hydrogens is 236 g/mol. The third kappa shape index (κ3) is 2.34. The van der Waals surface area contributed by atoms with Crippen molar-refractivity contribution in [2.24, 2.45) is 17.8 Å². The summed E-state index contributed by atoms with van der Waals surface area (Å²) in [6.45, 7) is 3.53. The molecule has 2 aliphatic carbocycles. The average molecular weight is 258 g/mol. The highest BCUT2D eigenvalue weighted by Gasteiger charge is 2.57. The Bertz CT molecular complexity index is 475. The van der Waals surface area contributed by atoms with Crippen LogP contribution in [0.25, 0.3) is 0 Å². The van der Waals surface area contributed by atoms with Crippen LogP contribution in [0.2, 0.25) is 0 Å². The molecule has 2 N–H and O–H groups in total. The summed E-state index contributed by atoms with van der Waals surface area (Å²) in [6.07, 6.45) is 3.84. The van der Waals surface area contributed by atoms with Crippen LogP contribution in [-0.2, 0) is 11.3 Å². The van der Waals surface area contributed by atoms with Gasteiger partial charge in [0, 0.05) is 24.7 Å². The normalized spacial score (nSPS) is 27.9. The fourth-order valence-corrected chi connectivity index (χ4v) is 3.66. The molecule has 102 valence electrons. The van der Waals surface area contributed by atoms with Crippen LogP contribution < -0.4 is 5.73 Å². The number of carbonyl (C=O) groups excluding carboxylic acids is 1. The summed E-state index contributed by atoms with van der Waals surface area (Å²) in [7, 11) is 0. The average Bonchev–Trinajstić information content (AvgIpc) is 2.88. The second-order valence-electron chi connectivity index (χ2n) is 5.88. The largest absolute Gasteiger partial charge is 0.399 e. The van der Waals surface area contributed by atoms with Crippen LogP contribution in [0, 0.1) is 17.8 Å². The third-order valence-corrected chi connectivity index (χ3v) is 4.71. The van der Waals surface area contributed by atoms with Gasteiger partial charge in [0.05, 0.1) is 0 Å². The highest BCUT2D eigenvalue weighted by Crippen LogP contribution is 2.58. The Morgan fingerprint density at radius 1 is 1.37 bits per heavy atom. The predicted octanol–water partition coefficient (Wildman–Crippen LogP) is 2.66. The molecular formula is C16H22N2O. The number of anilines is 1. The van der Waals surface area contributed by atoms with Crippen molar-refractivity contribution in [2.75, 3.05) is 12.3 Å². The fraction of sp³-hybridized carbons (Fsp3) is 0.562. The number of hydrogen-bond acceptors (Lipinski definition) is 2. The summed E-state index contributed by atoms with van der Waals surface area (Å²) in [4.78, 5) is 14.5. The van der Waals surface area contributed by atoms with Gasteiger partial charge in [-0.1, -0.05) is 18.6 Å². The lowest BCUT2D eigenvalue weighted by Gasteiger charge is -2.22. The zero-order chi connectivity index (χ0) is 13.4. The van der Waals surface area contributed by atoms with E-state index in [1.807, 2.05) is 29.2 Å². The first-order valence-corrected chi connectivity index (χ1v) is 7.34. The molecule has 2 saturated carbocycles. The van der Waals surface area contributed by atoms with Gasteiger partial charge in [-0.15, -0.1) is 0 Å². The van der Waals surface area contributed by atoms with E-state index in [9.17, 15) is 4.79 Å². The fourth-order valence-electron chi connectivity index (χ4n) is 3.66. The van der Waals surface area contributed by atoms with Crippen LogP contribution in [0.3, 0.4) is 0 Å². The van der Waals surface area contributed by atoms with Crippen LogP contribution >= 0.6 is 0 Å². The lowest BCUT2D eigenvalue weighted by Crippen LogP contribution is -2.32. The molecule has 1 aromatic carbocycles. The van der Waals surface area contributed by atoms with Crippen LogP contribution in [-0.4, -0.2) is 17.4 Å². The van der Waals surface area contributed by atoms with Gasteiger partial charge in [-0.2, -0.15) is 0 Å². The zero-order valence-electron chi connectivity index (χ0n) is 11.5. The number of hydrogen-bond donors (Lipinski definition) is 1. The quantitative estimate of drug-likeness (QED) is 0.844. The second-order valence-corrected chi connectivity index (χ2v) is 5.88. The molecule has 2 unspecified atom stereocenters. The SMILES string of the molecule is CCN(Cc1cccc(N)c1)C(=O)C1C2CCCC21. The Morgan fingerprint density at radius 3 is 2.74 bits per heavy atom. The highest BCUT2D eigenvalue weighted by molar-refractivity contribution is 5.82. The van der Waals surface area contributed by atoms with Crippen molar-refractivity contribution in [2.45, 2.75) is 32.7 Å². The molecule has 1 amide bonds. The minimum absolute atomic E-state index is 0.328. The molecule has 2 atom stereocenters. The summed E-state index contributed by atoms with van der Waals surface area (Å²) in [5, 5.41) is 0. The maximum atomic E-state index is 12.5. The van der Waals surface area contributed by atoms with E-state index in [1.165, 1.54) is 19.3 Å². The molecule has 3 rings (SSSR count). The summed E-state index contributed by atoms with van der Waals surface area (Å²) in [6, 6.07) is 7.84. The van der Waals surface area contributed by atoms with Gasteiger partial charge in [0.1, 0.15) is 0 Å². The number of benzene rings is 1. The van der Waals surface area contributed by atoms with E-state index in [-0.39, 0.29) is 0 Å². The Morgan fingerprint density at radius 2 is 2.11 bits per heavy atom. The first-order valence-electron chi connectivity index (χ1n) is 7.34. The minimum atomic E-state index is 0.328. The molecule has 0 saturated heterocycles. The second kappa shape index (κ2) is 4.87. The molecule has 0 aromatic heterocycles. The molecule has 0 heterocycles. The van der Waals surface area contributed by atoms with Crippen molar-refractivity contribution in [3.8, 4) is 0 Å². The Kier molecular flexibility index (Phi) is 3.21. The number of nitrogens with two attached hydrogens (primary N) is 1. The standard InChI is InChI=1S/C16H22N2O/c1-2-18(10-11-5-3-6-12(17)9-11)16(19)15-13-7-4-8-14(13)15/h3,5-6,9,13-15H,2,4,7-8,10,17H2,1H3. The smallest absolute Gasteiger partial charge is 0.226 e. The molecule has 19 heavy (non-hydrogen) atoms. The molecule has 3 heteroatoms.